The van der Waals surface area contributed by atoms with Gasteiger partial charge in [0, 0.05) is 35.6 Å². The van der Waals surface area contributed by atoms with Gasteiger partial charge in [0.15, 0.2) is 6.34 Å². The van der Waals surface area contributed by atoms with Crippen LogP contribution in [0.3, 0.4) is 0 Å². The van der Waals surface area contributed by atoms with Crippen molar-refractivity contribution >= 4 is 29.8 Å². The average molecular weight is 626 g/mol. The minimum absolute atomic E-state index is 0.0259. The fraction of sp³-hybridized carbons (Fsp3) is 0.378. The summed E-state index contributed by atoms with van der Waals surface area (Å²) in [5, 5.41) is 10.2. The van der Waals surface area contributed by atoms with Gasteiger partial charge in [-0.05, 0) is 69.0 Å². The van der Waals surface area contributed by atoms with Crippen molar-refractivity contribution in [2.75, 3.05) is 39.3 Å². The van der Waals surface area contributed by atoms with E-state index in [1.807, 2.05) is 35.5 Å². The van der Waals surface area contributed by atoms with Crippen molar-refractivity contribution in [3.8, 4) is 0 Å². The van der Waals surface area contributed by atoms with E-state index in [2.05, 4.69) is 72.5 Å². The first-order valence-corrected chi connectivity index (χ1v) is 16.5. The van der Waals surface area contributed by atoms with Crippen molar-refractivity contribution in [2.45, 2.75) is 44.6 Å². The van der Waals surface area contributed by atoms with Crippen molar-refractivity contribution in [1.82, 2.24) is 9.80 Å². The van der Waals surface area contributed by atoms with Crippen molar-refractivity contribution in [2.24, 2.45) is 10.9 Å². The second-order valence-electron chi connectivity index (χ2n) is 12.7. The molecule has 3 aromatic carbocycles. The Kier molecular flexibility index (Phi) is 9.22. The number of benzene rings is 3. The molecule has 1 amide bonds. The molecule has 0 radical (unpaired) electrons. The zero-order chi connectivity index (χ0) is 31.4. The van der Waals surface area contributed by atoms with Crippen LogP contribution in [0.5, 0.6) is 0 Å². The first-order chi connectivity index (χ1) is 21.8. The molecule has 8 heteroatoms. The summed E-state index contributed by atoms with van der Waals surface area (Å²) in [5.74, 6) is -1.20. The summed E-state index contributed by atoms with van der Waals surface area (Å²) >= 11 is 6.19. The Labute approximate surface area is 271 Å². The number of likely N-dealkylation sites (N-methyl/N-ethyl adjacent to an activating group) is 1. The Morgan fingerprint density at radius 3 is 2.00 bits per heavy atom. The molecule has 3 heterocycles. The number of piperidine rings is 2. The van der Waals surface area contributed by atoms with E-state index in [9.17, 15) is 14.7 Å². The Balaban J connectivity index is 1.28. The van der Waals surface area contributed by atoms with Crippen molar-refractivity contribution in [3.63, 3.8) is 0 Å². The van der Waals surface area contributed by atoms with Crippen LogP contribution in [0.1, 0.15) is 49.3 Å². The number of nitrogens with zero attached hydrogens (tertiary/aromatic N) is 4. The average Bonchev–Trinajstić information content (AvgIpc) is 3.44. The third-order valence-corrected chi connectivity index (χ3v) is 10.4. The second-order valence-corrected chi connectivity index (χ2v) is 13.1. The lowest BCUT2D eigenvalue weighted by molar-refractivity contribution is -0.801. The number of carboxylic acids is 1. The molecular weight excluding hydrogens is 584 g/mol. The summed E-state index contributed by atoms with van der Waals surface area (Å²) in [7, 11) is 0. The molecule has 45 heavy (non-hydrogen) atoms. The summed E-state index contributed by atoms with van der Waals surface area (Å²) in [5.41, 5.74) is 5.25. The highest BCUT2D eigenvalue weighted by Gasteiger charge is 2.46. The van der Waals surface area contributed by atoms with E-state index in [1.54, 1.807) is 0 Å². The maximum atomic E-state index is 14.4. The van der Waals surface area contributed by atoms with Crippen LogP contribution in [-0.4, -0.2) is 76.9 Å². The monoisotopic (exact) mass is 625 g/mol. The molecule has 1 atom stereocenters. The molecule has 6 rings (SSSR count). The SMILES string of the molecule is CC[N+]1(Cc2ccc(Cl)cc2)C=NC(CN2CCC(c3ccccc3)(c3ccccc3)CC2)=C1C(=O)N1CCC(C(=O)O)CC1. The van der Waals surface area contributed by atoms with E-state index in [1.165, 1.54) is 11.1 Å². The number of carbonyl (C=O) groups is 2. The first kappa shape index (κ1) is 31.2. The molecule has 0 spiro atoms. The van der Waals surface area contributed by atoms with Gasteiger partial charge in [0.2, 0.25) is 5.70 Å². The van der Waals surface area contributed by atoms with E-state index in [0.29, 0.717) is 60.8 Å². The maximum Gasteiger partial charge on any atom is 0.310 e. The summed E-state index contributed by atoms with van der Waals surface area (Å²) in [6.45, 7) is 6.63. The van der Waals surface area contributed by atoms with Gasteiger partial charge in [0.25, 0.3) is 0 Å². The number of hydrogen-bond donors (Lipinski definition) is 1. The van der Waals surface area contributed by atoms with Gasteiger partial charge in [-0.15, -0.1) is 0 Å². The van der Waals surface area contributed by atoms with E-state index >= 15 is 0 Å². The molecule has 0 saturated carbocycles. The molecule has 2 saturated heterocycles. The summed E-state index contributed by atoms with van der Waals surface area (Å²) in [4.78, 5) is 35.3. The van der Waals surface area contributed by atoms with Crippen LogP contribution in [0.4, 0.5) is 0 Å². The fourth-order valence-corrected chi connectivity index (χ4v) is 7.54. The Bertz CT molecular complexity index is 1520. The minimum atomic E-state index is -0.778. The van der Waals surface area contributed by atoms with Crippen molar-refractivity contribution in [1.29, 1.82) is 0 Å². The van der Waals surface area contributed by atoms with Gasteiger partial charge in [0.1, 0.15) is 12.2 Å². The zero-order valence-electron chi connectivity index (χ0n) is 25.9. The van der Waals surface area contributed by atoms with Crippen LogP contribution in [0, 0.1) is 5.92 Å². The number of rotatable bonds is 9. The molecule has 1 unspecified atom stereocenters. The highest BCUT2D eigenvalue weighted by atomic mass is 35.5. The van der Waals surface area contributed by atoms with Crippen LogP contribution in [0.2, 0.25) is 5.02 Å². The van der Waals surface area contributed by atoms with Gasteiger partial charge in [-0.1, -0.05) is 84.4 Å². The highest BCUT2D eigenvalue weighted by Crippen LogP contribution is 2.42. The van der Waals surface area contributed by atoms with E-state index < -0.39 is 11.9 Å². The Morgan fingerprint density at radius 2 is 1.47 bits per heavy atom. The van der Waals surface area contributed by atoms with Crippen LogP contribution >= 0.6 is 11.6 Å². The number of likely N-dealkylation sites (tertiary alicyclic amines) is 2. The molecule has 3 aliphatic rings. The van der Waals surface area contributed by atoms with Crippen LogP contribution in [0.25, 0.3) is 0 Å². The molecule has 3 aliphatic heterocycles. The van der Waals surface area contributed by atoms with Crippen molar-refractivity contribution < 1.29 is 19.2 Å². The lowest BCUT2D eigenvalue weighted by atomic mass is 9.68. The number of amides is 1. The fourth-order valence-electron chi connectivity index (χ4n) is 7.42. The molecule has 0 aliphatic carbocycles. The van der Waals surface area contributed by atoms with Crippen LogP contribution in [0.15, 0.2) is 101 Å². The lowest BCUT2D eigenvalue weighted by Gasteiger charge is -2.43. The topological polar surface area (TPSA) is 73.2 Å². The van der Waals surface area contributed by atoms with Crippen LogP contribution < -0.4 is 0 Å². The van der Waals surface area contributed by atoms with Gasteiger partial charge in [-0.2, -0.15) is 4.99 Å². The summed E-state index contributed by atoms with van der Waals surface area (Å²) in [6, 6.07) is 29.5. The van der Waals surface area contributed by atoms with Gasteiger partial charge in [0.05, 0.1) is 12.5 Å². The molecule has 0 aromatic heterocycles. The number of carbonyl (C=O) groups excluding carboxylic acids is 1. The zero-order valence-corrected chi connectivity index (χ0v) is 26.7. The molecule has 7 nitrogen and oxygen atoms in total. The number of quaternary nitrogens is 1. The van der Waals surface area contributed by atoms with E-state index in [-0.39, 0.29) is 11.3 Å². The predicted octanol–water partition coefficient (Wildman–Crippen LogP) is 6.34. The number of hydrogen-bond acceptors (Lipinski definition) is 4. The Hall–Kier alpha value is -3.78. The van der Waals surface area contributed by atoms with Gasteiger partial charge >= 0.3 is 11.9 Å². The smallest absolute Gasteiger partial charge is 0.310 e. The number of aliphatic carboxylic acids is 1. The summed E-state index contributed by atoms with van der Waals surface area (Å²) < 4.78 is 0.334. The number of carboxylic acid groups (broad SMARTS) is 1. The molecule has 2 fully saturated rings. The molecule has 234 valence electrons. The summed E-state index contributed by atoms with van der Waals surface area (Å²) in [6.07, 6.45) is 4.84. The second kappa shape index (κ2) is 13.3. The number of halogens is 1. The first-order valence-electron chi connectivity index (χ1n) is 16.1. The van der Waals surface area contributed by atoms with E-state index in [0.717, 1.165) is 37.2 Å². The lowest BCUT2D eigenvalue weighted by Crippen LogP contribution is -2.51. The van der Waals surface area contributed by atoms with Crippen molar-refractivity contribution in [3.05, 3.63) is 118 Å². The standard InChI is InChI=1S/C37H41ClN4O3/c1-2-42(26-28-13-15-32(38)16-14-28)27-39-33(34(42)35(43)41-21-17-29(18-22-41)36(44)45)25-40-23-19-37(20-24-40,30-9-5-3-6-10-30)31-11-7-4-8-12-31/h3-16,27,29H,2,17-26H2,1H3/p+1. The third kappa shape index (κ3) is 6.35. The van der Waals surface area contributed by atoms with Crippen LogP contribution in [-0.2, 0) is 21.5 Å². The van der Waals surface area contributed by atoms with E-state index in [4.69, 9.17) is 16.6 Å². The molecular formula is C37H42ClN4O3+. The van der Waals surface area contributed by atoms with Gasteiger partial charge < -0.3 is 10.0 Å². The van der Waals surface area contributed by atoms with Gasteiger partial charge in [-0.3, -0.25) is 14.5 Å². The maximum absolute atomic E-state index is 14.4. The quantitative estimate of drug-likeness (QED) is 0.282. The predicted molar refractivity (Wildman–Crippen MR) is 178 cm³/mol. The minimum Gasteiger partial charge on any atom is -0.481 e. The Morgan fingerprint density at radius 1 is 0.889 bits per heavy atom. The third-order valence-electron chi connectivity index (χ3n) is 10.2. The molecule has 3 aromatic rings. The number of aliphatic imine (C=N–C) groups is 1. The van der Waals surface area contributed by atoms with Gasteiger partial charge in [-0.25, -0.2) is 4.48 Å². The molecule has 1 N–H and O–H groups in total. The molecule has 0 bridgehead atoms. The highest BCUT2D eigenvalue weighted by molar-refractivity contribution is 6.30. The normalized spacial score (nSPS) is 22.1. The largest absolute Gasteiger partial charge is 0.481 e.